The molecule has 1 aliphatic heterocycles. The number of rotatable bonds is 4. The summed E-state index contributed by atoms with van der Waals surface area (Å²) in [6.07, 6.45) is 8.08. The molecule has 0 atom stereocenters. The van der Waals surface area contributed by atoms with Gasteiger partial charge in [-0.3, -0.25) is 4.98 Å². The third kappa shape index (κ3) is 3.28. The number of piperazine rings is 1. The molecule has 3 aromatic heterocycles. The molecule has 1 aliphatic rings. The van der Waals surface area contributed by atoms with Crippen molar-refractivity contribution in [1.29, 1.82) is 0 Å². The van der Waals surface area contributed by atoms with Gasteiger partial charge >= 0.3 is 0 Å². The highest BCUT2D eigenvalue weighted by atomic mass is 16.5. The van der Waals surface area contributed by atoms with Gasteiger partial charge in [0.2, 0.25) is 5.88 Å². The van der Waals surface area contributed by atoms with Crippen LogP contribution < -0.4 is 14.5 Å². The van der Waals surface area contributed by atoms with E-state index in [9.17, 15) is 0 Å². The number of methoxy groups -OCH3 is 1. The summed E-state index contributed by atoms with van der Waals surface area (Å²) in [5, 5.41) is 5.04. The van der Waals surface area contributed by atoms with Crippen LogP contribution in [-0.2, 0) is 0 Å². The molecular weight excluding hydrogens is 370 g/mol. The van der Waals surface area contributed by atoms with E-state index in [4.69, 9.17) is 4.74 Å². The van der Waals surface area contributed by atoms with Gasteiger partial charge in [0, 0.05) is 31.9 Å². The number of fused-ring (bicyclic) bond motifs is 1. The minimum Gasteiger partial charge on any atom is -0.480 e. The first-order chi connectivity index (χ1) is 14.3. The molecule has 1 aromatic carbocycles. The summed E-state index contributed by atoms with van der Waals surface area (Å²) in [5.41, 5.74) is 2.01. The fourth-order valence-corrected chi connectivity index (χ4v) is 3.51. The van der Waals surface area contributed by atoms with Crippen LogP contribution in [-0.4, -0.2) is 68.0 Å². The van der Waals surface area contributed by atoms with Crippen molar-refractivity contribution < 1.29 is 4.74 Å². The molecule has 146 valence electrons. The molecule has 10 heteroatoms. The van der Waals surface area contributed by atoms with E-state index in [0.717, 1.165) is 48.6 Å². The van der Waals surface area contributed by atoms with E-state index in [-0.39, 0.29) is 0 Å². The third-order valence-corrected chi connectivity index (χ3v) is 5.01. The van der Waals surface area contributed by atoms with Gasteiger partial charge in [0.25, 0.3) is 0 Å². The van der Waals surface area contributed by atoms with Crippen LogP contribution >= 0.6 is 0 Å². The van der Waals surface area contributed by atoms with Crippen LogP contribution in [0, 0.1) is 0 Å². The lowest BCUT2D eigenvalue weighted by Crippen LogP contribution is -2.46. The fourth-order valence-electron chi connectivity index (χ4n) is 3.51. The van der Waals surface area contributed by atoms with E-state index >= 15 is 0 Å². The predicted molar refractivity (Wildman–Crippen MR) is 107 cm³/mol. The number of benzene rings is 1. The molecule has 1 saturated heterocycles. The van der Waals surface area contributed by atoms with Crippen molar-refractivity contribution in [3.05, 3.63) is 49.6 Å². The molecule has 1 fully saturated rings. The highest BCUT2D eigenvalue weighted by Gasteiger charge is 2.20. The largest absolute Gasteiger partial charge is 0.480 e. The monoisotopic (exact) mass is 389 g/mol. The Labute approximate surface area is 166 Å². The number of aromatic nitrogens is 7. The summed E-state index contributed by atoms with van der Waals surface area (Å²) in [7, 11) is 1.63. The van der Waals surface area contributed by atoms with E-state index < -0.39 is 0 Å². The number of hydrogen-bond donors (Lipinski definition) is 0. The second-order valence-electron chi connectivity index (χ2n) is 6.63. The van der Waals surface area contributed by atoms with Gasteiger partial charge in [-0.25, -0.2) is 24.6 Å². The summed E-state index contributed by atoms with van der Waals surface area (Å²) in [6.45, 7) is 3.43. The molecule has 5 rings (SSSR count). The average Bonchev–Trinajstić information content (AvgIpc) is 3.34. The number of hydrogen-bond acceptors (Lipinski definition) is 9. The fraction of sp³-hybridized carbons (Fsp3) is 0.263. The lowest BCUT2D eigenvalue weighted by atomic mass is 10.2. The molecule has 29 heavy (non-hydrogen) atoms. The first-order valence-electron chi connectivity index (χ1n) is 9.27. The topological polar surface area (TPSA) is 98.0 Å². The molecule has 0 spiro atoms. The Kier molecular flexibility index (Phi) is 4.35. The van der Waals surface area contributed by atoms with Crippen LogP contribution in [0.4, 0.5) is 11.5 Å². The van der Waals surface area contributed by atoms with Crippen molar-refractivity contribution in [2.75, 3.05) is 43.1 Å². The van der Waals surface area contributed by atoms with Crippen LogP contribution in [0.2, 0.25) is 0 Å². The normalized spacial score (nSPS) is 14.4. The van der Waals surface area contributed by atoms with Crippen molar-refractivity contribution in [2.45, 2.75) is 0 Å². The summed E-state index contributed by atoms with van der Waals surface area (Å²) < 4.78 is 6.99. The summed E-state index contributed by atoms with van der Waals surface area (Å²) >= 11 is 0. The second kappa shape index (κ2) is 7.30. The van der Waals surface area contributed by atoms with Crippen molar-refractivity contribution in [2.24, 2.45) is 0 Å². The molecule has 10 nitrogen and oxygen atoms in total. The van der Waals surface area contributed by atoms with Crippen molar-refractivity contribution >= 4 is 22.4 Å². The van der Waals surface area contributed by atoms with E-state index in [2.05, 4.69) is 52.0 Å². The minimum absolute atomic E-state index is 0.593. The zero-order valence-electron chi connectivity index (χ0n) is 15.9. The summed E-state index contributed by atoms with van der Waals surface area (Å²) in [5.74, 6) is 2.09. The van der Waals surface area contributed by atoms with E-state index in [0.29, 0.717) is 11.7 Å². The van der Waals surface area contributed by atoms with Crippen molar-refractivity contribution in [1.82, 2.24) is 34.7 Å². The molecule has 0 amide bonds. The highest BCUT2D eigenvalue weighted by molar-refractivity contribution is 5.86. The Bertz CT molecular complexity index is 1120. The molecule has 0 bridgehead atoms. The van der Waals surface area contributed by atoms with Gasteiger partial charge in [-0.1, -0.05) is 0 Å². The first kappa shape index (κ1) is 17.3. The van der Waals surface area contributed by atoms with E-state index in [1.165, 1.54) is 12.7 Å². The van der Waals surface area contributed by atoms with Crippen molar-refractivity contribution in [3.8, 4) is 11.7 Å². The summed E-state index contributed by atoms with van der Waals surface area (Å²) in [6, 6.07) is 6.19. The molecule has 0 aliphatic carbocycles. The molecule has 0 saturated carbocycles. The Balaban J connectivity index is 1.33. The van der Waals surface area contributed by atoms with Gasteiger partial charge in [-0.15, -0.1) is 0 Å². The number of anilines is 2. The van der Waals surface area contributed by atoms with Crippen molar-refractivity contribution in [3.63, 3.8) is 0 Å². The van der Waals surface area contributed by atoms with Crippen LogP contribution in [0.3, 0.4) is 0 Å². The zero-order chi connectivity index (χ0) is 19.6. The Morgan fingerprint density at radius 3 is 2.52 bits per heavy atom. The van der Waals surface area contributed by atoms with Crippen LogP contribution in [0.5, 0.6) is 5.88 Å². The van der Waals surface area contributed by atoms with Gasteiger partial charge in [0.15, 0.2) is 5.82 Å². The van der Waals surface area contributed by atoms with E-state index in [1.807, 2.05) is 6.07 Å². The number of nitrogens with zero attached hydrogens (tertiary/aromatic N) is 9. The highest BCUT2D eigenvalue weighted by Crippen LogP contribution is 2.27. The van der Waals surface area contributed by atoms with E-state index in [1.54, 1.807) is 30.5 Å². The minimum atomic E-state index is 0.593. The number of ether oxygens (including phenoxy) is 1. The Morgan fingerprint density at radius 2 is 1.72 bits per heavy atom. The molecular formula is C19H19N9O. The maximum atomic E-state index is 5.38. The maximum Gasteiger partial charge on any atom is 0.224 e. The average molecular weight is 389 g/mol. The molecule has 4 aromatic rings. The van der Waals surface area contributed by atoms with Crippen LogP contribution in [0.15, 0.2) is 49.6 Å². The van der Waals surface area contributed by atoms with Crippen LogP contribution in [0.1, 0.15) is 0 Å². The molecule has 0 N–H and O–H groups in total. The molecule has 0 radical (unpaired) electrons. The van der Waals surface area contributed by atoms with Gasteiger partial charge in [0.1, 0.15) is 24.8 Å². The van der Waals surface area contributed by atoms with Gasteiger partial charge < -0.3 is 14.5 Å². The van der Waals surface area contributed by atoms with Gasteiger partial charge in [-0.05, 0) is 18.2 Å². The Hall–Kier alpha value is -3.82. The van der Waals surface area contributed by atoms with Crippen LogP contribution in [0.25, 0.3) is 16.7 Å². The predicted octanol–water partition coefficient (Wildman–Crippen LogP) is 1.34. The first-order valence-corrected chi connectivity index (χ1v) is 9.27. The Morgan fingerprint density at radius 1 is 0.897 bits per heavy atom. The molecule has 4 heterocycles. The second-order valence-corrected chi connectivity index (χ2v) is 6.63. The lowest BCUT2D eigenvalue weighted by molar-refractivity contribution is 0.402. The third-order valence-electron chi connectivity index (χ3n) is 5.01. The maximum absolute atomic E-state index is 5.38. The standard InChI is InChI=1S/C19H19N9O/c1-29-19-15-8-14(2-3-16(15)22-12-23-19)26-4-6-27(7-5-26)17-9-20-10-18(25-17)28-13-21-11-24-28/h2-3,8-13H,4-7H2,1H3. The molecule has 0 unspecified atom stereocenters. The quantitative estimate of drug-likeness (QED) is 0.512. The van der Waals surface area contributed by atoms with Gasteiger partial charge in [0.05, 0.1) is 30.4 Å². The SMILES string of the molecule is COc1ncnc2ccc(N3CCN(c4cncc(-n5cncn5)n4)CC3)cc12. The lowest BCUT2D eigenvalue weighted by Gasteiger charge is -2.36. The van der Waals surface area contributed by atoms with Gasteiger partial charge in [-0.2, -0.15) is 5.10 Å². The summed E-state index contributed by atoms with van der Waals surface area (Å²) in [4.78, 5) is 26.0. The smallest absolute Gasteiger partial charge is 0.224 e. The zero-order valence-corrected chi connectivity index (χ0v) is 15.9.